The molecule has 74 heavy (non-hydrogen) atoms. The second kappa shape index (κ2) is 62.9. The zero-order valence-corrected chi connectivity index (χ0v) is 49.6. The Hall–Kier alpha value is -2.63. The van der Waals surface area contributed by atoms with Crippen molar-refractivity contribution in [2.75, 3.05) is 13.2 Å². The number of esters is 3. The van der Waals surface area contributed by atoms with Crippen molar-refractivity contribution in [1.29, 1.82) is 0 Å². The summed E-state index contributed by atoms with van der Waals surface area (Å²) in [5.41, 5.74) is 0. The van der Waals surface area contributed by atoms with Crippen LogP contribution in [0.4, 0.5) is 0 Å². The van der Waals surface area contributed by atoms with Gasteiger partial charge in [0.05, 0.1) is 0 Å². The van der Waals surface area contributed by atoms with Gasteiger partial charge in [-0.2, -0.15) is 0 Å². The molecule has 0 rings (SSSR count). The van der Waals surface area contributed by atoms with Crippen molar-refractivity contribution < 1.29 is 28.6 Å². The Morgan fingerprint density at radius 2 is 0.486 bits per heavy atom. The molecule has 0 aromatic heterocycles. The van der Waals surface area contributed by atoms with Gasteiger partial charge in [0.25, 0.3) is 0 Å². The highest BCUT2D eigenvalue weighted by molar-refractivity contribution is 5.71. The normalized spacial score (nSPS) is 12.3. The number of carbonyl (C=O) groups excluding carboxylic acids is 3. The Morgan fingerprint density at radius 1 is 0.270 bits per heavy atom. The van der Waals surface area contributed by atoms with Gasteiger partial charge in [0.2, 0.25) is 0 Å². The lowest BCUT2D eigenvalue weighted by molar-refractivity contribution is -0.167. The molecule has 432 valence electrons. The van der Waals surface area contributed by atoms with Crippen LogP contribution in [0.15, 0.2) is 48.6 Å². The summed E-state index contributed by atoms with van der Waals surface area (Å²) in [4.78, 5) is 38.3. The van der Waals surface area contributed by atoms with Gasteiger partial charge in [0.1, 0.15) is 13.2 Å². The van der Waals surface area contributed by atoms with Crippen LogP contribution in [0, 0.1) is 0 Å². The van der Waals surface area contributed by atoms with Crippen molar-refractivity contribution >= 4 is 17.9 Å². The van der Waals surface area contributed by atoms with Crippen molar-refractivity contribution in [3.05, 3.63) is 48.6 Å². The van der Waals surface area contributed by atoms with Gasteiger partial charge in [-0.05, 0) is 83.5 Å². The van der Waals surface area contributed by atoms with Gasteiger partial charge in [-0.1, -0.05) is 294 Å². The second-order valence-electron chi connectivity index (χ2n) is 22.0. The fourth-order valence-corrected chi connectivity index (χ4v) is 9.62. The van der Waals surface area contributed by atoms with E-state index in [-0.39, 0.29) is 31.1 Å². The highest BCUT2D eigenvalue weighted by atomic mass is 16.6. The molecule has 0 aliphatic heterocycles. The number of hydrogen-bond donors (Lipinski definition) is 0. The second-order valence-corrected chi connectivity index (χ2v) is 22.0. The largest absolute Gasteiger partial charge is 0.462 e. The van der Waals surface area contributed by atoms with Crippen molar-refractivity contribution in [2.24, 2.45) is 0 Å². The molecule has 0 fully saturated rings. The molecular formula is C68H124O6. The molecule has 1 unspecified atom stereocenters. The number of unbranched alkanes of at least 4 members (excludes halogenated alkanes) is 41. The molecule has 0 N–H and O–H groups in total. The molecule has 0 aliphatic carbocycles. The lowest BCUT2D eigenvalue weighted by atomic mass is 10.0. The predicted molar refractivity (Wildman–Crippen MR) is 321 cm³/mol. The fourth-order valence-electron chi connectivity index (χ4n) is 9.62. The molecule has 0 bridgehead atoms. The van der Waals surface area contributed by atoms with E-state index in [4.69, 9.17) is 14.2 Å². The van der Waals surface area contributed by atoms with Crippen LogP contribution in [0.3, 0.4) is 0 Å². The predicted octanol–water partition coefficient (Wildman–Crippen LogP) is 22.2. The van der Waals surface area contributed by atoms with E-state index in [1.807, 2.05) is 0 Å². The number of allylic oxidation sites excluding steroid dienone is 8. The van der Waals surface area contributed by atoms with Crippen LogP contribution in [-0.2, 0) is 28.6 Å². The van der Waals surface area contributed by atoms with Crippen molar-refractivity contribution in [2.45, 2.75) is 354 Å². The first kappa shape index (κ1) is 71.4. The average Bonchev–Trinajstić information content (AvgIpc) is 3.40. The maximum Gasteiger partial charge on any atom is 0.306 e. The van der Waals surface area contributed by atoms with Gasteiger partial charge < -0.3 is 14.2 Å². The van der Waals surface area contributed by atoms with Gasteiger partial charge in [-0.25, -0.2) is 0 Å². The summed E-state index contributed by atoms with van der Waals surface area (Å²) in [6, 6.07) is 0. The van der Waals surface area contributed by atoms with E-state index in [2.05, 4.69) is 69.4 Å². The summed E-state index contributed by atoms with van der Waals surface area (Å²) in [5, 5.41) is 0. The van der Waals surface area contributed by atoms with E-state index in [0.717, 1.165) is 70.6 Å². The highest BCUT2D eigenvalue weighted by Gasteiger charge is 2.19. The molecule has 1 atom stereocenters. The highest BCUT2D eigenvalue weighted by Crippen LogP contribution is 2.17. The number of rotatable bonds is 60. The van der Waals surface area contributed by atoms with E-state index in [9.17, 15) is 14.4 Å². The van der Waals surface area contributed by atoms with Gasteiger partial charge in [0, 0.05) is 19.3 Å². The van der Waals surface area contributed by atoms with Gasteiger partial charge in [0.15, 0.2) is 6.10 Å². The van der Waals surface area contributed by atoms with E-state index in [1.165, 1.54) is 238 Å². The Kier molecular flexibility index (Phi) is 60.7. The molecule has 0 radical (unpaired) electrons. The van der Waals surface area contributed by atoms with E-state index >= 15 is 0 Å². The molecule has 0 saturated carbocycles. The quantitative estimate of drug-likeness (QED) is 0.0261. The third-order valence-electron chi connectivity index (χ3n) is 14.6. The van der Waals surface area contributed by atoms with Gasteiger partial charge in [-0.15, -0.1) is 0 Å². The van der Waals surface area contributed by atoms with Crippen LogP contribution in [-0.4, -0.2) is 37.2 Å². The maximum atomic E-state index is 12.9. The Bertz CT molecular complexity index is 1280. The Balaban J connectivity index is 4.31. The lowest BCUT2D eigenvalue weighted by Crippen LogP contribution is -2.30. The summed E-state index contributed by atoms with van der Waals surface area (Å²) >= 11 is 0. The summed E-state index contributed by atoms with van der Waals surface area (Å²) in [6.07, 6.45) is 78.2. The molecule has 0 spiro atoms. The Morgan fingerprint density at radius 3 is 0.770 bits per heavy atom. The molecule has 6 heteroatoms. The van der Waals surface area contributed by atoms with E-state index in [0.29, 0.717) is 19.3 Å². The van der Waals surface area contributed by atoms with Crippen LogP contribution < -0.4 is 0 Å². The summed E-state index contributed by atoms with van der Waals surface area (Å²) in [7, 11) is 0. The molecule has 6 nitrogen and oxygen atoms in total. The topological polar surface area (TPSA) is 78.9 Å². The first-order valence-corrected chi connectivity index (χ1v) is 32.6. The molecule has 0 aromatic rings. The van der Waals surface area contributed by atoms with Crippen LogP contribution >= 0.6 is 0 Å². The minimum Gasteiger partial charge on any atom is -0.462 e. The lowest BCUT2D eigenvalue weighted by Gasteiger charge is -2.18. The van der Waals surface area contributed by atoms with Crippen molar-refractivity contribution in [3.63, 3.8) is 0 Å². The zero-order chi connectivity index (χ0) is 53.6. The van der Waals surface area contributed by atoms with Gasteiger partial charge >= 0.3 is 17.9 Å². The minimum absolute atomic E-state index is 0.0714. The van der Waals surface area contributed by atoms with E-state index < -0.39 is 6.10 Å². The SMILES string of the molecule is CCCCC/C=C\C/C=C\CCCCCCCCCCCC(=O)OC(COC(=O)CCCCCCCCCCCCC/C=C\C/C=C\CCCCCCC)COC(=O)CCCCCCCCCCCCCCCC. The average molecular weight is 1040 g/mol. The smallest absolute Gasteiger partial charge is 0.306 e. The molecule has 0 heterocycles. The monoisotopic (exact) mass is 1040 g/mol. The minimum atomic E-state index is -0.775. The standard InChI is InChI=1S/C68H124O6/c1-4-7-10-13-16-19-22-25-28-30-32-33-34-35-37-38-40-43-46-49-52-55-58-61-67(70)73-64-65(63-72-66(69)60-57-54-51-48-45-42-27-24-21-18-15-12-9-6-3)74-68(71)62-59-56-53-50-47-44-41-39-36-31-29-26-23-20-17-14-11-8-5-2/h17,20,22,25-26,29-30,32,65H,4-16,18-19,21,23-24,27-28,31,33-64H2,1-3H3/b20-17-,25-22-,29-26-,32-30-. The van der Waals surface area contributed by atoms with Crippen LogP contribution in [0.5, 0.6) is 0 Å². The fraction of sp³-hybridized carbons (Fsp3) is 0.838. The first-order chi connectivity index (χ1) is 36.5. The third kappa shape index (κ3) is 60.2. The summed E-state index contributed by atoms with van der Waals surface area (Å²) in [6.45, 7) is 6.65. The van der Waals surface area contributed by atoms with E-state index in [1.54, 1.807) is 0 Å². The summed E-state index contributed by atoms with van der Waals surface area (Å²) < 4.78 is 17.0. The van der Waals surface area contributed by atoms with Crippen LogP contribution in [0.2, 0.25) is 0 Å². The molecule has 0 amide bonds. The molecule has 0 aromatic carbocycles. The van der Waals surface area contributed by atoms with Gasteiger partial charge in [-0.3, -0.25) is 14.4 Å². The Labute approximate surface area is 460 Å². The van der Waals surface area contributed by atoms with Crippen LogP contribution in [0.1, 0.15) is 348 Å². The van der Waals surface area contributed by atoms with Crippen LogP contribution in [0.25, 0.3) is 0 Å². The molecule has 0 aliphatic rings. The molecular weight excluding hydrogens is 913 g/mol. The number of ether oxygens (including phenoxy) is 3. The zero-order valence-electron chi connectivity index (χ0n) is 49.6. The number of hydrogen-bond acceptors (Lipinski definition) is 6. The van der Waals surface area contributed by atoms with Crippen molar-refractivity contribution in [3.8, 4) is 0 Å². The summed E-state index contributed by atoms with van der Waals surface area (Å²) in [5.74, 6) is -0.856. The molecule has 0 saturated heterocycles. The third-order valence-corrected chi connectivity index (χ3v) is 14.6. The van der Waals surface area contributed by atoms with Crippen molar-refractivity contribution in [1.82, 2.24) is 0 Å². The number of carbonyl (C=O) groups is 3. The first-order valence-electron chi connectivity index (χ1n) is 32.6. The maximum absolute atomic E-state index is 12.9.